The molecule has 0 bridgehead atoms. The first kappa shape index (κ1) is 6.67. The molecule has 5 heteroatoms. The van der Waals surface area contributed by atoms with E-state index in [1.807, 2.05) is 0 Å². The zero-order valence-corrected chi connectivity index (χ0v) is 5.74. The third-order valence-electron chi connectivity index (χ3n) is 0.711. The van der Waals surface area contributed by atoms with Gasteiger partial charge in [-0.25, -0.2) is 0 Å². The van der Waals surface area contributed by atoms with Crippen molar-refractivity contribution in [2.45, 2.75) is 0 Å². The van der Waals surface area contributed by atoms with Gasteiger partial charge in [-0.1, -0.05) is 0 Å². The predicted molar refractivity (Wildman–Crippen MR) is 33.0 cm³/mol. The van der Waals surface area contributed by atoms with Gasteiger partial charge in [0, 0.05) is 0 Å². The van der Waals surface area contributed by atoms with Crippen molar-refractivity contribution in [3.63, 3.8) is 0 Å². The van der Waals surface area contributed by atoms with Gasteiger partial charge in [0.15, 0.2) is 0 Å². The van der Waals surface area contributed by atoms with Gasteiger partial charge in [-0.05, 0) is 15.9 Å². The molecule has 0 aromatic rings. The smallest absolute Gasteiger partial charge is 0.285 e. The molecule has 0 aliphatic carbocycles. The number of nitrogens with zero attached hydrogens (tertiary/aromatic N) is 1. The summed E-state index contributed by atoms with van der Waals surface area (Å²) in [6, 6.07) is 0. The number of halogens is 3. The van der Waals surface area contributed by atoms with Gasteiger partial charge >= 0.3 is 0 Å². The van der Waals surface area contributed by atoms with Crippen LogP contribution in [0.2, 0.25) is 0 Å². The highest BCUT2D eigenvalue weighted by atomic mass is 79.9. The Morgan fingerprint density at radius 3 is 2.67 bits per heavy atom. The fraction of sp³-hybridized carbons (Fsp3) is 0. The first-order valence-corrected chi connectivity index (χ1v) is 2.88. The van der Waals surface area contributed by atoms with E-state index < -0.39 is 12.0 Å². The molecule has 0 aromatic carbocycles. The summed E-state index contributed by atoms with van der Waals surface area (Å²) >= 11 is 2.79. The lowest BCUT2D eigenvalue weighted by Gasteiger charge is -2.05. The van der Waals surface area contributed by atoms with Gasteiger partial charge in [-0.15, -0.1) is 0 Å². The highest BCUT2D eigenvalue weighted by molar-refractivity contribution is 9.11. The second-order valence-corrected chi connectivity index (χ2v) is 2.18. The standard InChI is InChI=1S/C4H2BrF2N2/c5-2-1-8-4(7)9-3(2)6/h1H,(H,8,9). The van der Waals surface area contributed by atoms with Crippen LogP contribution in [0.5, 0.6) is 0 Å². The monoisotopic (exact) mass is 195 g/mol. The molecule has 0 amide bonds. The molecule has 0 spiro atoms. The minimum atomic E-state index is -0.935. The maximum atomic E-state index is 12.2. The number of aliphatic imine (C=N–C) groups is 1. The summed E-state index contributed by atoms with van der Waals surface area (Å²) in [5.74, 6) is -0.855. The lowest BCUT2D eigenvalue weighted by Crippen LogP contribution is -2.19. The Labute approximate surface area is 58.8 Å². The summed E-state index contributed by atoms with van der Waals surface area (Å²) in [4.78, 5) is 2.84. The average molecular weight is 196 g/mol. The Hall–Kier alpha value is -0.450. The quantitative estimate of drug-likeness (QED) is 0.584. The van der Waals surface area contributed by atoms with Gasteiger partial charge in [-0.3, -0.25) is 0 Å². The molecule has 1 heterocycles. The van der Waals surface area contributed by atoms with Crippen LogP contribution in [0.1, 0.15) is 0 Å². The summed E-state index contributed by atoms with van der Waals surface area (Å²) in [7, 11) is 0. The molecule has 49 valence electrons. The molecule has 0 unspecified atom stereocenters. The van der Waals surface area contributed by atoms with Crippen molar-refractivity contribution in [3.8, 4) is 0 Å². The van der Waals surface area contributed by atoms with Crippen molar-refractivity contribution in [1.82, 2.24) is 5.32 Å². The predicted octanol–water partition coefficient (Wildman–Crippen LogP) is 1.61. The largest absolute Gasteiger partial charge is 0.336 e. The molecule has 0 saturated heterocycles. The Bertz CT molecular complexity index is 187. The van der Waals surface area contributed by atoms with Gasteiger partial charge in [0.1, 0.15) is 0 Å². The molecule has 1 N–H and O–H groups in total. The highest BCUT2D eigenvalue weighted by Gasteiger charge is 2.10. The van der Waals surface area contributed by atoms with Crippen LogP contribution in [-0.4, -0.2) is 6.09 Å². The molecule has 1 aliphatic rings. The van der Waals surface area contributed by atoms with E-state index in [2.05, 4.69) is 26.2 Å². The fourth-order valence-corrected chi connectivity index (χ4v) is 0.557. The minimum absolute atomic E-state index is 0.115. The SMILES string of the molecule is FC1=NC(F)=C(Br)[CH]N1. The third kappa shape index (κ3) is 1.48. The number of amidine groups is 1. The Balaban J connectivity index is 2.83. The number of hydrogen-bond donors (Lipinski definition) is 1. The van der Waals surface area contributed by atoms with Crippen LogP contribution in [-0.2, 0) is 0 Å². The second-order valence-electron chi connectivity index (χ2n) is 1.33. The third-order valence-corrected chi connectivity index (χ3v) is 1.27. The summed E-state index contributed by atoms with van der Waals surface area (Å²) in [5, 5.41) is 2.08. The Morgan fingerprint density at radius 1 is 1.56 bits per heavy atom. The van der Waals surface area contributed by atoms with Gasteiger partial charge in [-0.2, -0.15) is 13.8 Å². The molecule has 0 fully saturated rings. The van der Waals surface area contributed by atoms with E-state index in [-0.39, 0.29) is 4.48 Å². The van der Waals surface area contributed by atoms with Crippen LogP contribution in [0, 0.1) is 6.54 Å². The van der Waals surface area contributed by atoms with Crippen LogP contribution in [0.25, 0.3) is 0 Å². The van der Waals surface area contributed by atoms with E-state index in [0.29, 0.717) is 0 Å². The Morgan fingerprint density at radius 2 is 2.22 bits per heavy atom. The second kappa shape index (κ2) is 2.43. The van der Waals surface area contributed by atoms with Gasteiger partial charge in [0.25, 0.3) is 6.09 Å². The zero-order chi connectivity index (χ0) is 6.85. The van der Waals surface area contributed by atoms with E-state index in [1.165, 1.54) is 0 Å². The van der Waals surface area contributed by atoms with E-state index >= 15 is 0 Å². The highest BCUT2D eigenvalue weighted by Crippen LogP contribution is 2.19. The van der Waals surface area contributed by atoms with Crippen molar-refractivity contribution in [2.75, 3.05) is 0 Å². The van der Waals surface area contributed by atoms with E-state index in [9.17, 15) is 8.78 Å². The maximum Gasteiger partial charge on any atom is 0.285 e. The fourth-order valence-electron chi connectivity index (χ4n) is 0.354. The molecule has 2 nitrogen and oxygen atoms in total. The van der Waals surface area contributed by atoms with Gasteiger partial charge < -0.3 is 5.32 Å². The van der Waals surface area contributed by atoms with E-state index in [0.717, 1.165) is 6.54 Å². The van der Waals surface area contributed by atoms with Gasteiger partial charge in [0.2, 0.25) is 5.95 Å². The molecule has 9 heavy (non-hydrogen) atoms. The molecule has 1 radical (unpaired) electrons. The summed E-state index contributed by atoms with van der Waals surface area (Å²) < 4.78 is 24.2. The van der Waals surface area contributed by atoms with Crippen molar-refractivity contribution < 1.29 is 8.78 Å². The summed E-state index contributed by atoms with van der Waals surface area (Å²) in [5.41, 5.74) is 0. The van der Waals surface area contributed by atoms with Crippen molar-refractivity contribution in [2.24, 2.45) is 4.99 Å². The van der Waals surface area contributed by atoms with Crippen LogP contribution in [0.3, 0.4) is 0 Å². The molecule has 0 aromatic heterocycles. The lowest BCUT2D eigenvalue weighted by molar-refractivity contribution is 0.601. The number of nitrogens with one attached hydrogen (secondary N) is 1. The van der Waals surface area contributed by atoms with Crippen LogP contribution in [0.4, 0.5) is 8.78 Å². The molecule has 1 aliphatic heterocycles. The molecular weight excluding hydrogens is 194 g/mol. The lowest BCUT2D eigenvalue weighted by atomic mass is 10.5. The topological polar surface area (TPSA) is 24.4 Å². The minimum Gasteiger partial charge on any atom is -0.336 e. The van der Waals surface area contributed by atoms with E-state index in [4.69, 9.17) is 0 Å². The summed E-state index contributed by atoms with van der Waals surface area (Å²) in [6.07, 6.45) is -0.935. The maximum absolute atomic E-state index is 12.2. The number of rotatable bonds is 0. The zero-order valence-electron chi connectivity index (χ0n) is 4.16. The average Bonchev–Trinajstić information content (AvgIpc) is 1.80. The Kier molecular flexibility index (Phi) is 1.80. The van der Waals surface area contributed by atoms with Crippen LogP contribution in [0.15, 0.2) is 15.4 Å². The van der Waals surface area contributed by atoms with E-state index in [1.54, 1.807) is 0 Å². The van der Waals surface area contributed by atoms with Crippen molar-refractivity contribution >= 4 is 22.0 Å². The molecular formula is C4H2BrF2N2. The van der Waals surface area contributed by atoms with Crippen molar-refractivity contribution in [3.05, 3.63) is 17.0 Å². The first-order valence-electron chi connectivity index (χ1n) is 2.09. The van der Waals surface area contributed by atoms with Crippen molar-refractivity contribution in [1.29, 1.82) is 0 Å². The molecule has 1 rings (SSSR count). The van der Waals surface area contributed by atoms with Gasteiger partial charge in [0.05, 0.1) is 11.0 Å². The first-order chi connectivity index (χ1) is 4.20. The van der Waals surface area contributed by atoms with Crippen LogP contribution < -0.4 is 5.32 Å². The molecule has 0 atom stereocenters. The van der Waals surface area contributed by atoms with Crippen LogP contribution >= 0.6 is 15.9 Å². The summed E-state index contributed by atoms with van der Waals surface area (Å²) in [6.45, 7) is 1.14. The normalized spacial score (nSPS) is 19.2. The number of hydrogen-bond acceptors (Lipinski definition) is 2. The molecule has 0 saturated carbocycles.